The first kappa shape index (κ1) is 24.2. The number of carbonyl (C=O) groups excluding carboxylic acids is 1. The van der Waals surface area contributed by atoms with Gasteiger partial charge in [0.2, 0.25) is 15.9 Å². The van der Waals surface area contributed by atoms with Crippen molar-refractivity contribution in [1.29, 1.82) is 0 Å². The highest BCUT2D eigenvalue weighted by Crippen LogP contribution is 2.24. The van der Waals surface area contributed by atoms with Crippen molar-refractivity contribution < 1.29 is 17.9 Å². The number of hydrogen-bond donors (Lipinski definition) is 1. The van der Waals surface area contributed by atoms with Crippen molar-refractivity contribution in [1.82, 2.24) is 5.32 Å². The number of nitrogens with one attached hydrogen (secondary N) is 1. The molecular formula is C22H29BrN2O4S. The molecule has 8 heteroatoms. The highest BCUT2D eigenvalue weighted by atomic mass is 79.9. The average molecular weight is 497 g/mol. The molecule has 0 saturated carbocycles. The van der Waals surface area contributed by atoms with Gasteiger partial charge >= 0.3 is 0 Å². The Labute approximate surface area is 187 Å². The van der Waals surface area contributed by atoms with Crippen LogP contribution in [0.15, 0.2) is 46.9 Å². The lowest BCUT2D eigenvalue weighted by molar-refractivity contribution is -0.119. The summed E-state index contributed by atoms with van der Waals surface area (Å²) in [5, 5.41) is 2.81. The van der Waals surface area contributed by atoms with Crippen molar-refractivity contribution in [3.8, 4) is 5.75 Å². The summed E-state index contributed by atoms with van der Waals surface area (Å²) in [7, 11) is -3.58. The number of rotatable bonds is 10. The van der Waals surface area contributed by atoms with Crippen molar-refractivity contribution in [2.75, 3.05) is 23.7 Å². The van der Waals surface area contributed by atoms with Gasteiger partial charge in [-0.1, -0.05) is 28.1 Å². The van der Waals surface area contributed by atoms with E-state index in [0.717, 1.165) is 44.8 Å². The largest absolute Gasteiger partial charge is 0.491 e. The molecule has 2 aromatic rings. The summed E-state index contributed by atoms with van der Waals surface area (Å²) in [5.41, 5.74) is 2.52. The summed E-state index contributed by atoms with van der Waals surface area (Å²) in [5.74, 6) is 0.507. The van der Waals surface area contributed by atoms with Crippen LogP contribution in [0.5, 0.6) is 5.75 Å². The number of ether oxygens (including phenoxy) is 1. The van der Waals surface area contributed by atoms with Crippen molar-refractivity contribution in [2.45, 2.75) is 39.7 Å². The first-order valence-corrected chi connectivity index (χ1v) is 12.5. The van der Waals surface area contributed by atoms with E-state index in [-0.39, 0.29) is 18.6 Å². The fourth-order valence-corrected chi connectivity index (χ4v) is 3.99. The molecule has 0 fully saturated rings. The Morgan fingerprint density at radius 2 is 1.83 bits per heavy atom. The molecule has 1 amide bonds. The number of carbonyl (C=O) groups is 1. The molecule has 0 aliphatic carbocycles. The molecule has 0 saturated heterocycles. The van der Waals surface area contributed by atoms with Gasteiger partial charge in [-0.3, -0.25) is 9.10 Å². The quantitative estimate of drug-likeness (QED) is 0.503. The minimum atomic E-state index is -3.58. The van der Waals surface area contributed by atoms with Crippen LogP contribution in [0.2, 0.25) is 0 Å². The fraction of sp³-hybridized carbons (Fsp3) is 0.409. The van der Waals surface area contributed by atoms with E-state index >= 15 is 0 Å². The lowest BCUT2D eigenvalue weighted by Crippen LogP contribution is -2.40. The second-order valence-electron chi connectivity index (χ2n) is 7.47. The molecule has 1 N–H and O–H groups in total. The van der Waals surface area contributed by atoms with Gasteiger partial charge in [-0.25, -0.2) is 8.42 Å². The van der Waals surface area contributed by atoms with E-state index in [0.29, 0.717) is 12.2 Å². The lowest BCUT2D eigenvalue weighted by Gasteiger charge is -2.22. The zero-order valence-corrected chi connectivity index (χ0v) is 20.2. The molecule has 0 spiro atoms. The van der Waals surface area contributed by atoms with Crippen LogP contribution >= 0.6 is 15.9 Å². The van der Waals surface area contributed by atoms with E-state index < -0.39 is 10.0 Å². The monoisotopic (exact) mass is 496 g/mol. The van der Waals surface area contributed by atoms with E-state index in [1.54, 1.807) is 18.2 Å². The highest BCUT2D eigenvalue weighted by molar-refractivity contribution is 9.10. The van der Waals surface area contributed by atoms with Crippen LogP contribution in [-0.4, -0.2) is 39.8 Å². The molecule has 6 nitrogen and oxygen atoms in total. The van der Waals surface area contributed by atoms with Crippen LogP contribution in [0, 0.1) is 6.92 Å². The van der Waals surface area contributed by atoms with Gasteiger partial charge in [-0.05, 0) is 75.1 Å². The molecule has 0 aromatic heterocycles. The topological polar surface area (TPSA) is 75.7 Å². The van der Waals surface area contributed by atoms with Gasteiger partial charge in [0.05, 0.1) is 18.0 Å². The summed E-state index contributed by atoms with van der Waals surface area (Å²) in [6.45, 7) is 6.07. The Hall–Kier alpha value is -2.06. The molecule has 2 rings (SSSR count). The van der Waals surface area contributed by atoms with E-state index in [1.807, 2.05) is 45.0 Å². The fourth-order valence-electron chi connectivity index (χ4n) is 2.90. The number of nitrogens with zero attached hydrogens (tertiary/aromatic N) is 1. The molecule has 0 bridgehead atoms. The van der Waals surface area contributed by atoms with Crippen LogP contribution in [0.1, 0.15) is 31.4 Å². The average Bonchev–Trinajstić information content (AvgIpc) is 2.65. The Bertz CT molecular complexity index is 960. The van der Waals surface area contributed by atoms with E-state index in [4.69, 9.17) is 4.74 Å². The van der Waals surface area contributed by atoms with Gasteiger partial charge in [0, 0.05) is 11.0 Å². The number of benzene rings is 2. The van der Waals surface area contributed by atoms with Crippen LogP contribution in [0.4, 0.5) is 5.69 Å². The van der Waals surface area contributed by atoms with E-state index in [2.05, 4.69) is 21.2 Å². The predicted octanol–water partition coefficient (Wildman–Crippen LogP) is 4.06. The Morgan fingerprint density at radius 1 is 1.17 bits per heavy atom. The molecule has 2 aromatic carbocycles. The minimum Gasteiger partial charge on any atom is -0.491 e. The summed E-state index contributed by atoms with van der Waals surface area (Å²) in [4.78, 5) is 12.3. The zero-order valence-electron chi connectivity index (χ0n) is 17.8. The van der Waals surface area contributed by atoms with Crippen molar-refractivity contribution in [3.63, 3.8) is 0 Å². The Kier molecular flexibility index (Phi) is 8.73. The third-order valence-electron chi connectivity index (χ3n) is 4.38. The Balaban J connectivity index is 1.86. The third-order valence-corrected chi connectivity index (χ3v) is 6.41. The van der Waals surface area contributed by atoms with E-state index in [9.17, 15) is 13.2 Å². The van der Waals surface area contributed by atoms with Crippen LogP contribution in [-0.2, 0) is 21.2 Å². The maximum Gasteiger partial charge on any atom is 0.240 e. The number of anilines is 1. The van der Waals surface area contributed by atoms with Crippen molar-refractivity contribution in [2.24, 2.45) is 0 Å². The molecule has 0 heterocycles. The van der Waals surface area contributed by atoms with Crippen LogP contribution < -0.4 is 14.4 Å². The number of hydrogen-bond acceptors (Lipinski definition) is 4. The molecule has 0 unspecified atom stereocenters. The molecule has 0 atom stereocenters. The second kappa shape index (κ2) is 10.8. The SMILES string of the molecule is Cc1cc(N(CC(=O)NCCCc2ccc(OC(C)C)cc2)S(C)(=O)=O)ccc1Br. The van der Waals surface area contributed by atoms with Gasteiger partial charge in [-0.2, -0.15) is 0 Å². The molecular weight excluding hydrogens is 468 g/mol. The maximum atomic E-state index is 12.3. The number of halogens is 1. The van der Waals surface area contributed by atoms with Gasteiger partial charge < -0.3 is 10.1 Å². The highest BCUT2D eigenvalue weighted by Gasteiger charge is 2.21. The summed E-state index contributed by atoms with van der Waals surface area (Å²) < 4.78 is 32.0. The molecule has 164 valence electrons. The standard InChI is InChI=1S/C22H29BrN2O4S/c1-16(2)29-20-10-7-18(8-11-20)6-5-13-24-22(26)15-25(30(4,27)28)19-9-12-21(23)17(3)14-19/h7-12,14,16H,5-6,13,15H2,1-4H3,(H,24,26). The second-order valence-corrected chi connectivity index (χ2v) is 10.2. The van der Waals surface area contributed by atoms with Crippen molar-refractivity contribution >= 4 is 37.5 Å². The number of aryl methyl sites for hydroxylation is 2. The smallest absolute Gasteiger partial charge is 0.240 e. The molecule has 30 heavy (non-hydrogen) atoms. The summed E-state index contributed by atoms with van der Waals surface area (Å²) >= 11 is 3.40. The lowest BCUT2D eigenvalue weighted by atomic mass is 10.1. The molecule has 0 radical (unpaired) electrons. The van der Waals surface area contributed by atoms with E-state index in [1.165, 1.54) is 0 Å². The van der Waals surface area contributed by atoms with Crippen molar-refractivity contribution in [3.05, 3.63) is 58.1 Å². The van der Waals surface area contributed by atoms with Gasteiger partial charge in [0.25, 0.3) is 0 Å². The third kappa shape index (κ3) is 7.65. The number of sulfonamides is 1. The number of amides is 1. The summed E-state index contributed by atoms with van der Waals surface area (Å²) in [6, 6.07) is 13.1. The molecule has 0 aliphatic heterocycles. The summed E-state index contributed by atoms with van der Waals surface area (Å²) in [6.07, 6.45) is 2.81. The Morgan fingerprint density at radius 3 is 2.40 bits per heavy atom. The van der Waals surface area contributed by atoms with Crippen LogP contribution in [0.3, 0.4) is 0 Å². The van der Waals surface area contributed by atoms with Crippen LogP contribution in [0.25, 0.3) is 0 Å². The van der Waals surface area contributed by atoms with Gasteiger partial charge in [-0.15, -0.1) is 0 Å². The first-order valence-electron chi connectivity index (χ1n) is 9.82. The minimum absolute atomic E-state index is 0.138. The maximum absolute atomic E-state index is 12.3. The van der Waals surface area contributed by atoms with Gasteiger partial charge in [0.15, 0.2) is 0 Å². The predicted molar refractivity (Wildman–Crippen MR) is 125 cm³/mol. The molecule has 0 aliphatic rings. The van der Waals surface area contributed by atoms with Gasteiger partial charge in [0.1, 0.15) is 12.3 Å². The first-order chi connectivity index (χ1) is 14.1. The normalized spacial score (nSPS) is 11.4. The zero-order chi connectivity index (χ0) is 22.3.